The van der Waals surface area contributed by atoms with Gasteiger partial charge in [-0.05, 0) is 35.2 Å². The van der Waals surface area contributed by atoms with Crippen molar-refractivity contribution < 1.29 is 19.4 Å². The molecule has 0 aliphatic rings. The Morgan fingerprint density at radius 1 is 1.35 bits per heavy atom. The first kappa shape index (κ1) is 14.1. The second kappa shape index (κ2) is 6.77. The summed E-state index contributed by atoms with van der Waals surface area (Å²) in [5.74, 6) is 0.420. The Hall–Kier alpha value is -2.27. The molecule has 0 saturated carbocycles. The number of carboxylic acids is 1. The van der Waals surface area contributed by atoms with E-state index in [0.717, 1.165) is 16.5 Å². The molecule has 0 aliphatic carbocycles. The maximum atomic E-state index is 10.4. The van der Waals surface area contributed by atoms with E-state index in [9.17, 15) is 4.79 Å². The van der Waals surface area contributed by atoms with Crippen molar-refractivity contribution in [1.29, 1.82) is 0 Å². The van der Waals surface area contributed by atoms with Crippen LogP contribution in [0.1, 0.15) is 10.4 Å². The Bertz CT molecular complexity index is 616. The molecule has 2 aromatic rings. The average molecular weight is 290 g/mol. The Morgan fingerprint density at radius 2 is 2.10 bits per heavy atom. The Labute approximate surface area is 120 Å². The van der Waals surface area contributed by atoms with Crippen molar-refractivity contribution >= 4 is 23.4 Å². The van der Waals surface area contributed by atoms with Gasteiger partial charge in [0, 0.05) is 11.0 Å². The molecular weight excluding hydrogens is 276 g/mol. The van der Waals surface area contributed by atoms with Crippen molar-refractivity contribution in [3.8, 4) is 11.5 Å². The average Bonchev–Trinajstić information content (AvgIpc) is 2.91. The fraction of sp³-hybridized carbons (Fsp3) is 0.133. The van der Waals surface area contributed by atoms with Gasteiger partial charge in [0.2, 0.25) is 0 Å². The van der Waals surface area contributed by atoms with Crippen LogP contribution in [0.25, 0.3) is 6.08 Å². The van der Waals surface area contributed by atoms with Crippen LogP contribution in [-0.4, -0.2) is 18.2 Å². The summed E-state index contributed by atoms with van der Waals surface area (Å²) < 4.78 is 10.9. The Morgan fingerprint density at radius 3 is 2.80 bits per heavy atom. The van der Waals surface area contributed by atoms with Crippen LogP contribution in [0.2, 0.25) is 0 Å². The molecule has 0 spiro atoms. The molecule has 0 unspecified atom stereocenters. The van der Waals surface area contributed by atoms with Crippen LogP contribution in [0.3, 0.4) is 0 Å². The summed E-state index contributed by atoms with van der Waals surface area (Å²) >= 11 is 1.52. The highest BCUT2D eigenvalue weighted by Gasteiger charge is 2.04. The number of rotatable bonds is 6. The predicted octanol–water partition coefficient (Wildman–Crippen LogP) is 3.43. The van der Waals surface area contributed by atoms with Crippen LogP contribution in [0.5, 0.6) is 11.5 Å². The molecule has 0 amide bonds. The number of carbonyl (C=O) groups is 1. The van der Waals surface area contributed by atoms with Crippen molar-refractivity contribution in [2.24, 2.45) is 0 Å². The van der Waals surface area contributed by atoms with Gasteiger partial charge >= 0.3 is 5.97 Å². The molecule has 0 aliphatic heterocycles. The van der Waals surface area contributed by atoms with Gasteiger partial charge in [-0.15, -0.1) is 11.3 Å². The van der Waals surface area contributed by atoms with Crippen molar-refractivity contribution in [2.75, 3.05) is 7.11 Å². The minimum atomic E-state index is -0.956. The number of hydrogen-bond acceptors (Lipinski definition) is 4. The standard InChI is InChI=1S/C15H14O4S/c1-18-13-4-2-3-5-14(13)19-9-12-8-11(10-20-12)6-7-15(16)17/h2-8,10H,9H2,1H3,(H,16,17). The monoisotopic (exact) mass is 290 g/mol. The van der Waals surface area contributed by atoms with E-state index in [1.165, 1.54) is 11.3 Å². The van der Waals surface area contributed by atoms with Crippen LogP contribution >= 0.6 is 11.3 Å². The number of para-hydroxylation sites is 2. The van der Waals surface area contributed by atoms with E-state index in [4.69, 9.17) is 14.6 Å². The zero-order valence-electron chi connectivity index (χ0n) is 10.9. The number of aliphatic carboxylic acids is 1. The molecule has 1 aromatic heterocycles. The number of methoxy groups -OCH3 is 1. The lowest BCUT2D eigenvalue weighted by Gasteiger charge is -2.08. The first-order valence-corrected chi connectivity index (χ1v) is 6.81. The smallest absolute Gasteiger partial charge is 0.328 e. The van der Waals surface area contributed by atoms with Crippen LogP contribution in [0.15, 0.2) is 41.8 Å². The van der Waals surface area contributed by atoms with Crippen LogP contribution in [-0.2, 0) is 11.4 Å². The maximum absolute atomic E-state index is 10.4. The predicted molar refractivity (Wildman–Crippen MR) is 78.3 cm³/mol. The summed E-state index contributed by atoms with van der Waals surface area (Å²) in [6.07, 6.45) is 2.68. The second-order valence-electron chi connectivity index (χ2n) is 3.96. The van der Waals surface area contributed by atoms with Crippen molar-refractivity contribution in [2.45, 2.75) is 6.61 Å². The molecule has 2 rings (SSSR count). The van der Waals surface area contributed by atoms with Crippen molar-refractivity contribution in [3.05, 3.63) is 52.2 Å². The Kier molecular flexibility index (Phi) is 4.79. The summed E-state index contributed by atoms with van der Waals surface area (Å²) in [7, 11) is 1.60. The van der Waals surface area contributed by atoms with E-state index in [-0.39, 0.29) is 0 Å². The molecule has 0 fully saturated rings. The number of ether oxygens (including phenoxy) is 2. The quantitative estimate of drug-likeness (QED) is 0.828. The third-order valence-corrected chi connectivity index (χ3v) is 3.46. The topological polar surface area (TPSA) is 55.8 Å². The summed E-state index contributed by atoms with van der Waals surface area (Å²) in [5.41, 5.74) is 0.857. The molecule has 0 saturated heterocycles. The van der Waals surface area contributed by atoms with Gasteiger partial charge in [-0.3, -0.25) is 0 Å². The van der Waals surface area contributed by atoms with Gasteiger partial charge in [0.05, 0.1) is 7.11 Å². The van der Waals surface area contributed by atoms with E-state index in [0.29, 0.717) is 18.1 Å². The number of thiophene rings is 1. The summed E-state index contributed by atoms with van der Waals surface area (Å²) in [6.45, 7) is 0.423. The molecule has 104 valence electrons. The third-order valence-electron chi connectivity index (χ3n) is 2.53. The number of carboxylic acid groups (broad SMARTS) is 1. The van der Waals surface area contributed by atoms with Gasteiger partial charge in [-0.1, -0.05) is 12.1 Å². The molecule has 0 radical (unpaired) electrons. The first-order valence-electron chi connectivity index (χ1n) is 5.93. The zero-order valence-corrected chi connectivity index (χ0v) is 11.7. The SMILES string of the molecule is COc1ccccc1OCc1cc(C=CC(=O)O)cs1. The molecule has 0 bridgehead atoms. The van der Waals surface area contributed by atoms with E-state index >= 15 is 0 Å². The summed E-state index contributed by atoms with van der Waals surface area (Å²) in [6, 6.07) is 9.35. The van der Waals surface area contributed by atoms with E-state index in [1.54, 1.807) is 13.2 Å². The van der Waals surface area contributed by atoms with Gasteiger partial charge in [0.1, 0.15) is 6.61 Å². The molecule has 1 heterocycles. The molecular formula is C15H14O4S. The summed E-state index contributed by atoms with van der Waals surface area (Å²) in [5, 5.41) is 10.5. The highest BCUT2D eigenvalue weighted by atomic mass is 32.1. The fourth-order valence-electron chi connectivity index (χ4n) is 1.62. The molecule has 20 heavy (non-hydrogen) atoms. The lowest BCUT2D eigenvalue weighted by molar-refractivity contribution is -0.131. The van der Waals surface area contributed by atoms with Gasteiger partial charge in [-0.2, -0.15) is 0 Å². The van der Waals surface area contributed by atoms with Crippen LogP contribution < -0.4 is 9.47 Å². The van der Waals surface area contributed by atoms with Crippen LogP contribution in [0.4, 0.5) is 0 Å². The number of benzene rings is 1. The van der Waals surface area contributed by atoms with E-state index in [2.05, 4.69) is 0 Å². The summed E-state index contributed by atoms with van der Waals surface area (Å²) in [4.78, 5) is 11.5. The highest BCUT2D eigenvalue weighted by molar-refractivity contribution is 7.10. The highest BCUT2D eigenvalue weighted by Crippen LogP contribution is 2.27. The molecule has 5 heteroatoms. The lowest BCUT2D eigenvalue weighted by atomic mass is 10.3. The molecule has 4 nitrogen and oxygen atoms in total. The van der Waals surface area contributed by atoms with E-state index < -0.39 is 5.97 Å². The zero-order chi connectivity index (χ0) is 14.4. The maximum Gasteiger partial charge on any atom is 0.328 e. The van der Waals surface area contributed by atoms with Gasteiger partial charge in [-0.25, -0.2) is 4.79 Å². The normalized spacial score (nSPS) is 10.7. The minimum Gasteiger partial charge on any atom is -0.493 e. The second-order valence-corrected chi connectivity index (χ2v) is 4.95. The molecule has 1 N–H and O–H groups in total. The minimum absolute atomic E-state index is 0.423. The van der Waals surface area contributed by atoms with Gasteiger partial charge in [0.15, 0.2) is 11.5 Å². The van der Waals surface area contributed by atoms with E-state index in [1.807, 2.05) is 35.7 Å². The first-order chi connectivity index (χ1) is 9.69. The number of hydrogen-bond donors (Lipinski definition) is 1. The third kappa shape index (κ3) is 3.86. The lowest BCUT2D eigenvalue weighted by Crippen LogP contribution is -1.95. The van der Waals surface area contributed by atoms with Crippen molar-refractivity contribution in [1.82, 2.24) is 0 Å². The Balaban J connectivity index is 1.99. The fourth-order valence-corrected chi connectivity index (χ4v) is 2.38. The van der Waals surface area contributed by atoms with Crippen molar-refractivity contribution in [3.63, 3.8) is 0 Å². The van der Waals surface area contributed by atoms with Crippen LogP contribution in [0, 0.1) is 0 Å². The van der Waals surface area contributed by atoms with Gasteiger partial charge < -0.3 is 14.6 Å². The molecule has 1 aromatic carbocycles. The largest absolute Gasteiger partial charge is 0.493 e. The molecule has 0 atom stereocenters. The van der Waals surface area contributed by atoms with Gasteiger partial charge in [0.25, 0.3) is 0 Å².